The summed E-state index contributed by atoms with van der Waals surface area (Å²) in [4.78, 5) is 25.7. The van der Waals surface area contributed by atoms with Crippen molar-refractivity contribution in [2.45, 2.75) is 31.8 Å². The zero-order valence-corrected chi connectivity index (χ0v) is 22.8. The molecule has 7 rings (SSSR count). The number of aliphatic hydroxyl groups is 1. The normalized spacial score (nSPS) is 17.6. The molecule has 9 nitrogen and oxygen atoms in total. The Morgan fingerprint density at radius 2 is 1.98 bits per heavy atom. The number of nitrogens with zero attached hydrogens (tertiary/aromatic N) is 3. The van der Waals surface area contributed by atoms with Gasteiger partial charge < -0.3 is 15.8 Å². The first kappa shape index (κ1) is 25.9. The van der Waals surface area contributed by atoms with Crippen LogP contribution in [0.4, 0.5) is 10.3 Å². The van der Waals surface area contributed by atoms with E-state index in [0.29, 0.717) is 51.3 Å². The van der Waals surface area contributed by atoms with Crippen LogP contribution in [0.15, 0.2) is 59.5 Å². The first-order chi connectivity index (χ1) is 19.7. The fraction of sp³-hybridized carbons (Fsp3) is 0.233. The quantitative estimate of drug-likeness (QED) is 0.185. The molecule has 0 bridgehead atoms. The van der Waals surface area contributed by atoms with Crippen molar-refractivity contribution in [3.63, 3.8) is 0 Å². The maximum atomic E-state index is 15.2. The Labute approximate surface area is 235 Å². The summed E-state index contributed by atoms with van der Waals surface area (Å²) >= 11 is 0. The van der Waals surface area contributed by atoms with Crippen molar-refractivity contribution in [3.8, 4) is 16.9 Å². The number of hydrogen-bond acceptors (Lipinski definition) is 7. The summed E-state index contributed by atoms with van der Waals surface area (Å²) in [7, 11) is -2.59. The lowest BCUT2D eigenvalue weighted by atomic mass is 9.99. The van der Waals surface area contributed by atoms with Gasteiger partial charge in [0.05, 0.1) is 29.1 Å². The molecule has 11 heteroatoms. The third-order valence-corrected chi connectivity index (χ3v) is 9.56. The summed E-state index contributed by atoms with van der Waals surface area (Å²) in [6.45, 7) is -0.412. The van der Waals surface area contributed by atoms with E-state index in [-0.39, 0.29) is 22.8 Å². The molecule has 5 aromatic rings. The smallest absolute Gasteiger partial charge is 0.265 e. The van der Waals surface area contributed by atoms with Gasteiger partial charge in [0.1, 0.15) is 11.5 Å². The molecule has 0 atom stereocenters. The van der Waals surface area contributed by atoms with Crippen LogP contribution in [0.5, 0.6) is 0 Å². The summed E-state index contributed by atoms with van der Waals surface area (Å²) in [5.74, 6) is 0.313. The number of halogens is 1. The molecule has 210 valence electrons. The molecule has 0 saturated heterocycles. The summed E-state index contributed by atoms with van der Waals surface area (Å²) < 4.78 is 36.5. The van der Waals surface area contributed by atoms with Gasteiger partial charge in [-0.15, -0.1) is 0 Å². The summed E-state index contributed by atoms with van der Waals surface area (Å²) in [5.41, 5.74) is 10.5. The average molecular weight is 574 g/mol. The van der Waals surface area contributed by atoms with Crippen molar-refractivity contribution in [2.24, 2.45) is 0 Å². The van der Waals surface area contributed by atoms with Gasteiger partial charge in [0.2, 0.25) is 5.95 Å². The van der Waals surface area contributed by atoms with Gasteiger partial charge in [-0.1, -0.05) is 24.3 Å². The molecule has 0 unspecified atom stereocenters. The first-order valence-corrected chi connectivity index (χ1v) is 15.3. The zero-order chi connectivity index (χ0) is 28.5. The number of rotatable bonds is 5. The summed E-state index contributed by atoms with van der Waals surface area (Å²) in [5, 5.41) is 11.8. The Morgan fingerprint density at radius 1 is 1.15 bits per heavy atom. The summed E-state index contributed by atoms with van der Waals surface area (Å²) in [6, 6.07) is 12.2. The van der Waals surface area contributed by atoms with Gasteiger partial charge >= 0.3 is 0 Å². The minimum atomic E-state index is -2.59. The van der Waals surface area contributed by atoms with Crippen LogP contribution in [-0.2, 0) is 6.61 Å². The fourth-order valence-electron chi connectivity index (χ4n) is 5.72. The molecule has 1 aliphatic carbocycles. The molecule has 6 N–H and O–H groups in total. The predicted molar refractivity (Wildman–Crippen MR) is 160 cm³/mol. The molecule has 1 fully saturated rings. The number of hydrogen-bond donors (Lipinski definition) is 5. The molecule has 2 aliphatic rings. The number of aromatic nitrogens is 4. The first-order valence-electron chi connectivity index (χ1n) is 13.4. The van der Waals surface area contributed by atoms with Gasteiger partial charge in [-0.05, 0) is 66.0 Å². The molecule has 1 saturated carbocycles. The molecule has 0 spiro atoms. The Balaban J connectivity index is 1.37. The molecule has 0 radical (unpaired) electrons. The van der Waals surface area contributed by atoms with Crippen LogP contribution in [0.1, 0.15) is 42.0 Å². The van der Waals surface area contributed by atoms with Crippen LogP contribution in [0, 0.1) is 5.82 Å². The van der Waals surface area contributed by atoms with Crippen LogP contribution in [-0.4, -0.2) is 45.2 Å². The minimum absolute atomic E-state index is 0.00695. The van der Waals surface area contributed by atoms with E-state index in [2.05, 4.69) is 15.0 Å². The number of pyridine rings is 1. The van der Waals surface area contributed by atoms with Crippen LogP contribution in [0.3, 0.4) is 0 Å². The van der Waals surface area contributed by atoms with E-state index in [0.717, 1.165) is 29.7 Å². The Hall–Kier alpha value is -4.03. The predicted octanol–water partition coefficient (Wildman–Crippen LogP) is 5.56. The third kappa shape index (κ3) is 4.51. The molecular weight excluding hydrogens is 545 g/mol. The van der Waals surface area contributed by atoms with Crippen molar-refractivity contribution >= 4 is 43.9 Å². The lowest BCUT2D eigenvalue weighted by Crippen LogP contribution is -2.20. The highest BCUT2D eigenvalue weighted by Crippen LogP contribution is 2.45. The number of nitrogens with one attached hydrogen (secondary N) is 1. The second kappa shape index (κ2) is 9.52. The highest BCUT2D eigenvalue weighted by Gasteiger charge is 2.26. The van der Waals surface area contributed by atoms with Crippen LogP contribution < -0.4 is 11.3 Å². The second-order valence-corrected chi connectivity index (χ2v) is 13.1. The maximum Gasteiger partial charge on any atom is 0.265 e. The largest absolute Gasteiger partial charge is 0.392 e. The van der Waals surface area contributed by atoms with E-state index < -0.39 is 28.6 Å². The fourth-order valence-corrected chi connectivity index (χ4v) is 6.90. The van der Waals surface area contributed by atoms with Gasteiger partial charge in [-0.3, -0.25) is 18.5 Å². The van der Waals surface area contributed by atoms with Crippen molar-refractivity contribution in [1.82, 2.24) is 19.5 Å². The van der Waals surface area contributed by atoms with Crippen LogP contribution in [0.2, 0.25) is 0 Å². The highest BCUT2D eigenvalue weighted by molar-refractivity contribution is 8.24. The SMILES string of the molecule is Nc1nc(-c2cccc(-n3ccc4cc(C5CC5)cc(F)c4c3=O)c2CO)c2cc(C3=CCS(O)(O)CC3)[nH]c2n1. The molecule has 2 aromatic carbocycles. The number of anilines is 1. The molecule has 0 amide bonds. The van der Waals surface area contributed by atoms with E-state index in [1.807, 2.05) is 18.2 Å². The van der Waals surface area contributed by atoms with Gasteiger partial charge in [0.15, 0.2) is 0 Å². The molecule has 4 heterocycles. The van der Waals surface area contributed by atoms with Crippen molar-refractivity contribution in [3.05, 3.63) is 87.7 Å². The van der Waals surface area contributed by atoms with Gasteiger partial charge in [-0.2, -0.15) is 15.6 Å². The summed E-state index contributed by atoms with van der Waals surface area (Å²) in [6.07, 6.45) is 5.98. The van der Waals surface area contributed by atoms with Gasteiger partial charge in [0, 0.05) is 34.2 Å². The standard InChI is InChI=1S/C30H28FN5O4S/c31-23-13-19(16-4-5-16)12-18-6-9-36(29(38)26(18)23)25-3-1-2-20(22(25)15-37)27-21-14-24(33-28(21)35-30(32)34-27)17-7-10-41(39,40)11-8-17/h1-3,6-7,9,12-14,16,37,39-40H,4-5,8,10-11,15H2,(H3,32,33,34,35). The van der Waals surface area contributed by atoms with E-state index >= 15 is 4.39 Å². The maximum absolute atomic E-state index is 15.2. The van der Waals surface area contributed by atoms with E-state index in [1.54, 1.807) is 30.5 Å². The second-order valence-electron chi connectivity index (χ2n) is 10.7. The number of nitrogen functional groups attached to an aromatic ring is 1. The van der Waals surface area contributed by atoms with Gasteiger partial charge in [-0.25, -0.2) is 9.37 Å². The van der Waals surface area contributed by atoms with E-state index in [9.17, 15) is 19.0 Å². The number of nitrogens with two attached hydrogens (primary N) is 1. The average Bonchev–Trinajstić information content (AvgIpc) is 3.71. The molecule has 41 heavy (non-hydrogen) atoms. The zero-order valence-electron chi connectivity index (χ0n) is 22.0. The monoisotopic (exact) mass is 573 g/mol. The minimum Gasteiger partial charge on any atom is -0.392 e. The lowest BCUT2D eigenvalue weighted by molar-refractivity contribution is 0.282. The van der Waals surface area contributed by atoms with Gasteiger partial charge in [0.25, 0.3) is 5.56 Å². The van der Waals surface area contributed by atoms with E-state index in [4.69, 9.17) is 5.73 Å². The number of benzene rings is 2. The van der Waals surface area contributed by atoms with E-state index in [1.165, 1.54) is 10.6 Å². The number of aromatic amines is 1. The highest BCUT2D eigenvalue weighted by atomic mass is 32.3. The van der Waals surface area contributed by atoms with Crippen LogP contribution in [0.25, 0.3) is 44.3 Å². The van der Waals surface area contributed by atoms with Crippen molar-refractivity contribution < 1.29 is 18.6 Å². The number of allylic oxidation sites excluding steroid dienone is 1. The molecule has 1 aliphatic heterocycles. The van der Waals surface area contributed by atoms with Crippen LogP contribution >= 0.6 is 10.6 Å². The number of H-pyrrole nitrogens is 1. The lowest BCUT2D eigenvalue weighted by Gasteiger charge is -2.34. The number of fused-ring (bicyclic) bond motifs is 2. The number of aliphatic hydroxyl groups excluding tert-OH is 1. The Bertz CT molecular complexity index is 1960. The Morgan fingerprint density at radius 3 is 2.71 bits per heavy atom. The van der Waals surface area contributed by atoms with Crippen molar-refractivity contribution in [1.29, 1.82) is 0 Å². The third-order valence-electron chi connectivity index (χ3n) is 8.00. The molecule has 3 aromatic heterocycles. The topological polar surface area (TPSA) is 150 Å². The Kier molecular flexibility index (Phi) is 6.02. The van der Waals surface area contributed by atoms with Crippen molar-refractivity contribution in [2.75, 3.05) is 17.2 Å². The molecular formula is C30H28FN5O4S.